The molecule has 0 aliphatic heterocycles. The lowest BCUT2D eigenvalue weighted by atomic mass is 10.1. The average Bonchev–Trinajstić information content (AvgIpc) is 3.02. The number of hydrazone groups is 1. The zero-order valence-corrected chi connectivity index (χ0v) is 12.5. The van der Waals surface area contributed by atoms with E-state index in [0.717, 1.165) is 24.1 Å². The highest BCUT2D eigenvalue weighted by atomic mass is 16.5. The lowest BCUT2D eigenvalue weighted by Crippen LogP contribution is -2.25. The van der Waals surface area contributed by atoms with Gasteiger partial charge in [-0.05, 0) is 42.7 Å². The highest BCUT2D eigenvalue weighted by Gasteiger charge is 2.17. The van der Waals surface area contributed by atoms with Gasteiger partial charge in [-0.1, -0.05) is 24.3 Å². The predicted octanol–water partition coefficient (Wildman–Crippen LogP) is 2.40. The second kappa shape index (κ2) is 6.75. The monoisotopic (exact) mass is 305 g/mol. The van der Waals surface area contributed by atoms with E-state index in [1.165, 1.54) is 5.56 Å². The number of amides is 1. The summed E-state index contributed by atoms with van der Waals surface area (Å²) in [5, 5.41) is 12.9. The van der Waals surface area contributed by atoms with Crippen molar-refractivity contribution < 1.29 is 9.53 Å². The molecule has 1 amide bonds. The van der Waals surface area contributed by atoms with Crippen LogP contribution < -0.4 is 10.2 Å². The van der Waals surface area contributed by atoms with Gasteiger partial charge >= 0.3 is 0 Å². The van der Waals surface area contributed by atoms with E-state index < -0.39 is 0 Å². The Morgan fingerprint density at radius 1 is 1.17 bits per heavy atom. The number of nitrogens with one attached hydrogen (secondary N) is 1. The molecule has 0 radical (unpaired) electrons. The summed E-state index contributed by atoms with van der Waals surface area (Å²) in [6.45, 7) is -0.121. The number of benzene rings is 2. The average molecular weight is 305 g/mol. The van der Waals surface area contributed by atoms with Crippen molar-refractivity contribution in [2.45, 2.75) is 12.8 Å². The topological polar surface area (TPSA) is 74.5 Å². The van der Waals surface area contributed by atoms with Crippen molar-refractivity contribution >= 4 is 11.6 Å². The van der Waals surface area contributed by atoms with Crippen LogP contribution in [0.3, 0.4) is 0 Å². The first-order chi connectivity index (χ1) is 11.3. The smallest absolute Gasteiger partial charge is 0.277 e. The van der Waals surface area contributed by atoms with Crippen molar-refractivity contribution in [2.75, 3.05) is 6.61 Å². The van der Waals surface area contributed by atoms with E-state index in [1.807, 2.05) is 24.3 Å². The van der Waals surface area contributed by atoms with Gasteiger partial charge in [-0.3, -0.25) is 4.79 Å². The molecule has 1 aliphatic carbocycles. The molecule has 0 unspecified atom stereocenters. The molecule has 5 heteroatoms. The van der Waals surface area contributed by atoms with Crippen molar-refractivity contribution in [3.8, 4) is 11.8 Å². The Hall–Kier alpha value is -3.13. The number of nitriles is 1. The number of carbonyl (C=O) groups is 1. The minimum absolute atomic E-state index is 0.121. The minimum atomic E-state index is -0.314. The van der Waals surface area contributed by atoms with Crippen LogP contribution in [0.15, 0.2) is 53.6 Å². The van der Waals surface area contributed by atoms with Crippen molar-refractivity contribution in [2.24, 2.45) is 5.10 Å². The Morgan fingerprint density at radius 2 is 1.96 bits per heavy atom. The number of ether oxygens (including phenoxy) is 1. The lowest BCUT2D eigenvalue weighted by Gasteiger charge is -2.05. The van der Waals surface area contributed by atoms with E-state index in [-0.39, 0.29) is 12.5 Å². The molecule has 3 rings (SSSR count). The minimum Gasteiger partial charge on any atom is -0.484 e. The quantitative estimate of drug-likeness (QED) is 0.881. The molecule has 1 N–H and O–H groups in total. The molecule has 5 nitrogen and oxygen atoms in total. The fourth-order valence-corrected chi connectivity index (χ4v) is 2.46. The van der Waals surface area contributed by atoms with Crippen LogP contribution in [-0.2, 0) is 11.2 Å². The van der Waals surface area contributed by atoms with E-state index in [4.69, 9.17) is 10.00 Å². The Bertz CT molecular complexity index is 789. The molecule has 0 fully saturated rings. The molecule has 114 valence electrons. The van der Waals surface area contributed by atoms with Crippen molar-refractivity contribution in [3.63, 3.8) is 0 Å². The van der Waals surface area contributed by atoms with Crippen LogP contribution in [0.4, 0.5) is 0 Å². The van der Waals surface area contributed by atoms with E-state index in [2.05, 4.69) is 16.6 Å². The van der Waals surface area contributed by atoms with Gasteiger partial charge in [0.2, 0.25) is 0 Å². The molecule has 0 heterocycles. The zero-order chi connectivity index (χ0) is 16.1. The summed E-state index contributed by atoms with van der Waals surface area (Å²) in [6, 6.07) is 16.7. The van der Waals surface area contributed by atoms with Crippen LogP contribution in [0.25, 0.3) is 0 Å². The number of fused-ring (bicyclic) bond motifs is 1. The third-order valence-electron chi connectivity index (χ3n) is 3.63. The van der Waals surface area contributed by atoms with Gasteiger partial charge in [0.1, 0.15) is 5.75 Å². The highest BCUT2D eigenvalue weighted by molar-refractivity contribution is 6.04. The molecule has 0 atom stereocenters. The van der Waals surface area contributed by atoms with Gasteiger partial charge in [-0.15, -0.1) is 0 Å². The lowest BCUT2D eigenvalue weighted by molar-refractivity contribution is -0.123. The molecule has 1 aliphatic rings. The van der Waals surface area contributed by atoms with Crippen molar-refractivity contribution in [1.29, 1.82) is 5.26 Å². The van der Waals surface area contributed by atoms with Gasteiger partial charge in [0.05, 0.1) is 17.3 Å². The second-order valence-corrected chi connectivity index (χ2v) is 5.18. The number of rotatable bonds is 4. The molecule has 0 saturated carbocycles. The van der Waals surface area contributed by atoms with Crippen LogP contribution in [0.2, 0.25) is 0 Å². The molecule has 2 aromatic rings. The number of hydrogen-bond donors (Lipinski definition) is 1. The summed E-state index contributed by atoms with van der Waals surface area (Å²) >= 11 is 0. The molecule has 23 heavy (non-hydrogen) atoms. The summed E-state index contributed by atoms with van der Waals surface area (Å²) in [4.78, 5) is 11.8. The molecule has 0 bridgehead atoms. The normalized spacial score (nSPS) is 14.1. The van der Waals surface area contributed by atoms with Gasteiger partial charge in [0.25, 0.3) is 5.91 Å². The highest BCUT2D eigenvalue weighted by Crippen LogP contribution is 2.21. The van der Waals surface area contributed by atoms with Crippen LogP contribution in [0, 0.1) is 11.3 Å². The Balaban J connectivity index is 1.54. The van der Waals surface area contributed by atoms with Gasteiger partial charge in [-0.25, -0.2) is 5.43 Å². The van der Waals surface area contributed by atoms with E-state index in [1.54, 1.807) is 24.3 Å². The first-order valence-electron chi connectivity index (χ1n) is 7.33. The maximum Gasteiger partial charge on any atom is 0.277 e. The van der Waals surface area contributed by atoms with Crippen LogP contribution in [-0.4, -0.2) is 18.2 Å². The Labute approximate surface area is 134 Å². The van der Waals surface area contributed by atoms with Crippen LogP contribution >= 0.6 is 0 Å². The molecule has 0 saturated heterocycles. The van der Waals surface area contributed by atoms with Crippen molar-refractivity contribution in [3.05, 3.63) is 65.2 Å². The summed E-state index contributed by atoms with van der Waals surface area (Å²) in [7, 11) is 0. The summed E-state index contributed by atoms with van der Waals surface area (Å²) in [5.41, 5.74) is 6.33. The first-order valence-corrected chi connectivity index (χ1v) is 7.33. The zero-order valence-electron chi connectivity index (χ0n) is 12.5. The second-order valence-electron chi connectivity index (χ2n) is 5.18. The number of aryl methyl sites for hydroxylation is 1. The molecular weight excluding hydrogens is 290 g/mol. The van der Waals surface area contributed by atoms with Gasteiger partial charge < -0.3 is 4.74 Å². The molecular formula is C18H15N3O2. The fraction of sp³-hybridized carbons (Fsp3) is 0.167. The van der Waals surface area contributed by atoms with E-state index >= 15 is 0 Å². The predicted molar refractivity (Wildman–Crippen MR) is 86.1 cm³/mol. The fourth-order valence-electron chi connectivity index (χ4n) is 2.46. The molecule has 0 aromatic heterocycles. The molecule has 2 aromatic carbocycles. The summed E-state index contributed by atoms with van der Waals surface area (Å²) < 4.78 is 5.36. The number of carbonyl (C=O) groups excluding carboxylic acids is 1. The first kappa shape index (κ1) is 14.8. The van der Waals surface area contributed by atoms with E-state index in [9.17, 15) is 4.79 Å². The third-order valence-corrected chi connectivity index (χ3v) is 3.63. The Kier molecular flexibility index (Phi) is 4.34. The number of hydrogen-bond acceptors (Lipinski definition) is 4. The van der Waals surface area contributed by atoms with Crippen LogP contribution in [0.5, 0.6) is 5.75 Å². The third kappa shape index (κ3) is 3.55. The SMILES string of the molecule is N#Cc1ccc(OCC(=O)N/N=C2/CCc3ccccc32)cc1. The maximum absolute atomic E-state index is 11.8. The largest absolute Gasteiger partial charge is 0.484 e. The maximum atomic E-state index is 11.8. The molecule has 0 spiro atoms. The summed E-state index contributed by atoms with van der Waals surface area (Å²) in [5.74, 6) is 0.226. The van der Waals surface area contributed by atoms with Crippen molar-refractivity contribution in [1.82, 2.24) is 5.43 Å². The van der Waals surface area contributed by atoms with Crippen LogP contribution in [0.1, 0.15) is 23.1 Å². The standard InChI is InChI=1S/C18H15N3O2/c19-11-13-5-8-15(9-6-13)23-12-18(22)21-20-17-10-7-14-3-1-2-4-16(14)17/h1-6,8-9H,7,10,12H2,(H,21,22)/b20-17-. The van der Waals surface area contributed by atoms with E-state index in [0.29, 0.717) is 11.3 Å². The Morgan fingerprint density at radius 3 is 2.74 bits per heavy atom. The van der Waals surface area contributed by atoms with Gasteiger partial charge in [0, 0.05) is 5.56 Å². The summed E-state index contributed by atoms with van der Waals surface area (Å²) in [6.07, 6.45) is 1.78. The van der Waals surface area contributed by atoms with Gasteiger partial charge in [0.15, 0.2) is 6.61 Å². The number of nitrogens with zero attached hydrogens (tertiary/aromatic N) is 2. The van der Waals surface area contributed by atoms with Gasteiger partial charge in [-0.2, -0.15) is 10.4 Å².